The third kappa shape index (κ3) is 53.8. The molecular formula is C60H101NO8P+. The second-order valence-electron chi connectivity index (χ2n) is 18.8. The van der Waals surface area contributed by atoms with Crippen molar-refractivity contribution in [2.75, 3.05) is 47.5 Å². The van der Waals surface area contributed by atoms with Crippen LogP contribution in [0.3, 0.4) is 0 Å². The second kappa shape index (κ2) is 50.4. The van der Waals surface area contributed by atoms with Gasteiger partial charge < -0.3 is 18.9 Å². The number of rotatable bonds is 48. The molecule has 2 atom stereocenters. The topological polar surface area (TPSA) is 108 Å². The van der Waals surface area contributed by atoms with Crippen LogP contribution in [-0.4, -0.2) is 74.9 Å². The average Bonchev–Trinajstić information content (AvgIpc) is 3.32. The van der Waals surface area contributed by atoms with E-state index in [9.17, 15) is 19.0 Å². The molecule has 0 aliphatic rings. The van der Waals surface area contributed by atoms with Crippen molar-refractivity contribution in [3.8, 4) is 0 Å². The second-order valence-corrected chi connectivity index (χ2v) is 20.3. The molecule has 398 valence electrons. The lowest BCUT2D eigenvalue weighted by Gasteiger charge is -2.24. The molecule has 0 aliphatic heterocycles. The zero-order valence-corrected chi connectivity index (χ0v) is 45.8. The van der Waals surface area contributed by atoms with Gasteiger partial charge in [-0.25, -0.2) is 4.57 Å². The fraction of sp³-hybridized carbons (Fsp3) is 0.633. The lowest BCUT2D eigenvalue weighted by atomic mass is 10.0. The smallest absolute Gasteiger partial charge is 0.462 e. The van der Waals surface area contributed by atoms with Gasteiger partial charge in [-0.05, 0) is 103 Å². The van der Waals surface area contributed by atoms with Gasteiger partial charge in [0.05, 0.1) is 27.7 Å². The number of phosphoric ester groups is 1. The highest BCUT2D eigenvalue weighted by Crippen LogP contribution is 2.43. The van der Waals surface area contributed by atoms with E-state index in [0.717, 1.165) is 109 Å². The van der Waals surface area contributed by atoms with Crippen molar-refractivity contribution < 1.29 is 42.1 Å². The number of nitrogens with zero attached hydrogens (tertiary/aromatic N) is 1. The van der Waals surface area contributed by atoms with Gasteiger partial charge in [-0.15, -0.1) is 0 Å². The standard InChI is InChI=1S/C60H100NO8P/c1-6-8-10-12-14-16-18-20-22-24-26-27-28-29-30-31-32-33-35-37-39-41-43-45-47-49-51-53-60(63)69-58(57-68-70(64,65)67-55-54-61(3,4)5)56-66-59(62)52-50-48-46-44-42-40-38-36-34-25-23-21-19-17-15-13-11-9-7-2/h8-11,14-17,20-23,26-27,29-30,34,36,40,42,58H,6-7,12-13,18-19,24-25,28,31-33,35,37-39,41,43-57H2,1-5H3/p+1/b10-8-,11-9-,16-14-,17-15-,22-20-,23-21-,27-26-,30-29-,36-34-,42-40-. The molecule has 10 heteroatoms. The summed E-state index contributed by atoms with van der Waals surface area (Å²) < 4.78 is 34.5. The molecule has 2 unspecified atom stereocenters. The molecule has 0 aromatic rings. The van der Waals surface area contributed by atoms with Crippen LogP contribution in [0.5, 0.6) is 0 Å². The molecule has 0 spiro atoms. The number of unbranched alkanes of at least 4 members (excludes halogenated alkanes) is 14. The van der Waals surface area contributed by atoms with Gasteiger partial charge in [0.15, 0.2) is 6.10 Å². The summed E-state index contributed by atoms with van der Waals surface area (Å²) in [5, 5.41) is 0. The molecule has 0 aromatic carbocycles. The first kappa shape index (κ1) is 66.4. The molecular weight excluding hydrogens is 894 g/mol. The number of carbonyl (C=O) groups is 2. The van der Waals surface area contributed by atoms with Crippen LogP contribution in [-0.2, 0) is 32.7 Å². The Bertz CT molecular complexity index is 1590. The molecule has 0 saturated carbocycles. The minimum absolute atomic E-state index is 0.0186. The summed E-state index contributed by atoms with van der Waals surface area (Å²) in [6, 6.07) is 0. The van der Waals surface area contributed by atoms with E-state index in [1.807, 2.05) is 21.1 Å². The van der Waals surface area contributed by atoms with Gasteiger partial charge in [0.25, 0.3) is 0 Å². The molecule has 0 aliphatic carbocycles. The van der Waals surface area contributed by atoms with Gasteiger partial charge >= 0.3 is 19.8 Å². The SMILES string of the molecule is CC/C=C\C/C=C\C/C=C\C/C=C\C/C=C\CCCCCCCCCCCCCC(=O)OC(COC(=O)CCCCC/C=C\C/C=C\C/C=C\C/C=C\C/C=C\CC)COP(=O)(O)OCC[N+](C)(C)C. The highest BCUT2D eigenvalue weighted by Gasteiger charge is 2.27. The normalized spacial score (nSPS) is 14.3. The Morgan fingerprint density at radius 3 is 1.16 bits per heavy atom. The summed E-state index contributed by atoms with van der Waals surface area (Å²) in [5.74, 6) is -0.848. The predicted octanol–water partition coefficient (Wildman–Crippen LogP) is 16.8. The van der Waals surface area contributed by atoms with Crippen LogP contribution in [0.4, 0.5) is 0 Å². The van der Waals surface area contributed by atoms with Crippen molar-refractivity contribution in [1.82, 2.24) is 0 Å². The van der Waals surface area contributed by atoms with E-state index in [0.29, 0.717) is 23.9 Å². The molecule has 0 aromatic heterocycles. The van der Waals surface area contributed by atoms with Crippen LogP contribution in [0.15, 0.2) is 122 Å². The first-order valence-electron chi connectivity index (χ1n) is 27.3. The highest BCUT2D eigenvalue weighted by molar-refractivity contribution is 7.47. The number of ether oxygens (including phenoxy) is 2. The molecule has 0 fully saturated rings. The summed E-state index contributed by atoms with van der Waals surface area (Å²) in [4.78, 5) is 35.6. The summed E-state index contributed by atoms with van der Waals surface area (Å²) in [6.45, 7) is 4.14. The summed E-state index contributed by atoms with van der Waals surface area (Å²) in [7, 11) is 1.44. The molecule has 70 heavy (non-hydrogen) atoms. The molecule has 1 N–H and O–H groups in total. The molecule has 0 amide bonds. The molecule has 0 saturated heterocycles. The molecule has 0 bridgehead atoms. The van der Waals surface area contributed by atoms with E-state index in [2.05, 4.69) is 135 Å². The summed E-state index contributed by atoms with van der Waals surface area (Å²) >= 11 is 0. The minimum atomic E-state index is -4.40. The van der Waals surface area contributed by atoms with Crippen LogP contribution in [0, 0.1) is 0 Å². The van der Waals surface area contributed by atoms with Gasteiger partial charge in [0.1, 0.15) is 19.8 Å². The van der Waals surface area contributed by atoms with Crippen LogP contribution in [0.25, 0.3) is 0 Å². The highest BCUT2D eigenvalue weighted by atomic mass is 31.2. The van der Waals surface area contributed by atoms with Crippen molar-refractivity contribution in [3.63, 3.8) is 0 Å². The summed E-state index contributed by atoms with van der Waals surface area (Å²) in [5.41, 5.74) is 0. The number of hydrogen-bond donors (Lipinski definition) is 1. The number of likely N-dealkylation sites (N-methyl/N-ethyl adjacent to an activating group) is 1. The first-order valence-corrected chi connectivity index (χ1v) is 28.8. The third-order valence-electron chi connectivity index (χ3n) is 11.0. The van der Waals surface area contributed by atoms with Gasteiger partial charge in [0.2, 0.25) is 0 Å². The minimum Gasteiger partial charge on any atom is -0.462 e. The lowest BCUT2D eigenvalue weighted by Crippen LogP contribution is -2.37. The first-order chi connectivity index (χ1) is 34.0. The maximum Gasteiger partial charge on any atom is 0.472 e. The van der Waals surface area contributed by atoms with Crippen molar-refractivity contribution in [2.45, 2.75) is 200 Å². The van der Waals surface area contributed by atoms with Crippen molar-refractivity contribution in [3.05, 3.63) is 122 Å². The number of allylic oxidation sites excluding steroid dienone is 20. The Balaban J connectivity index is 4.28. The number of hydrogen-bond acceptors (Lipinski definition) is 7. The largest absolute Gasteiger partial charge is 0.472 e. The molecule has 0 radical (unpaired) electrons. The quantitative estimate of drug-likeness (QED) is 0.0211. The van der Waals surface area contributed by atoms with E-state index in [-0.39, 0.29) is 26.1 Å². The van der Waals surface area contributed by atoms with Gasteiger partial charge in [0, 0.05) is 12.8 Å². The number of esters is 2. The maximum absolute atomic E-state index is 12.8. The number of phosphoric acid groups is 1. The van der Waals surface area contributed by atoms with E-state index in [1.165, 1.54) is 44.9 Å². The Hall–Kier alpha value is -3.59. The molecule has 0 heterocycles. The van der Waals surface area contributed by atoms with Gasteiger partial charge in [-0.1, -0.05) is 200 Å². The zero-order valence-electron chi connectivity index (χ0n) is 45.0. The third-order valence-corrected chi connectivity index (χ3v) is 12.0. The van der Waals surface area contributed by atoms with Crippen molar-refractivity contribution >= 4 is 19.8 Å². The Morgan fingerprint density at radius 1 is 0.443 bits per heavy atom. The maximum atomic E-state index is 12.8. The van der Waals surface area contributed by atoms with E-state index >= 15 is 0 Å². The number of carbonyl (C=O) groups excluding carboxylic acids is 2. The van der Waals surface area contributed by atoms with Crippen LogP contribution in [0.2, 0.25) is 0 Å². The lowest BCUT2D eigenvalue weighted by molar-refractivity contribution is -0.870. The Labute approximate surface area is 428 Å². The Kier molecular flexibility index (Phi) is 47.8. The Morgan fingerprint density at radius 2 is 0.771 bits per heavy atom. The zero-order chi connectivity index (χ0) is 51.3. The van der Waals surface area contributed by atoms with Gasteiger partial charge in [-0.3, -0.25) is 18.6 Å². The van der Waals surface area contributed by atoms with E-state index in [1.54, 1.807) is 0 Å². The fourth-order valence-corrected chi connectivity index (χ4v) is 7.57. The van der Waals surface area contributed by atoms with Crippen molar-refractivity contribution in [1.29, 1.82) is 0 Å². The molecule has 9 nitrogen and oxygen atoms in total. The average molecular weight is 995 g/mol. The summed E-state index contributed by atoms with van der Waals surface area (Å²) in [6.07, 6.45) is 71.1. The predicted molar refractivity (Wildman–Crippen MR) is 297 cm³/mol. The monoisotopic (exact) mass is 995 g/mol. The fourth-order valence-electron chi connectivity index (χ4n) is 6.83. The van der Waals surface area contributed by atoms with Crippen LogP contribution < -0.4 is 0 Å². The molecule has 0 rings (SSSR count). The van der Waals surface area contributed by atoms with Crippen LogP contribution in [0.1, 0.15) is 194 Å². The van der Waals surface area contributed by atoms with Crippen LogP contribution >= 0.6 is 7.82 Å². The van der Waals surface area contributed by atoms with E-state index in [4.69, 9.17) is 18.5 Å². The van der Waals surface area contributed by atoms with Gasteiger partial charge in [-0.2, -0.15) is 0 Å². The number of quaternary nitrogens is 1. The van der Waals surface area contributed by atoms with E-state index < -0.39 is 32.5 Å². The van der Waals surface area contributed by atoms with Crippen molar-refractivity contribution in [2.24, 2.45) is 0 Å².